The zero-order valence-corrected chi connectivity index (χ0v) is 14.9. The van der Waals surface area contributed by atoms with Crippen molar-refractivity contribution in [3.05, 3.63) is 51.6 Å². The van der Waals surface area contributed by atoms with Gasteiger partial charge in [-0.3, -0.25) is 5.32 Å². The number of nitrogens with zero attached hydrogens (tertiary/aromatic N) is 1. The molecule has 0 aliphatic heterocycles. The molecule has 0 fully saturated rings. The van der Waals surface area contributed by atoms with E-state index >= 15 is 0 Å². The van der Waals surface area contributed by atoms with E-state index in [1.54, 1.807) is 18.1 Å². The molecule has 0 radical (unpaired) electrons. The first-order chi connectivity index (χ1) is 10.2. The maximum absolute atomic E-state index is 6.05. The van der Waals surface area contributed by atoms with E-state index in [0.717, 1.165) is 31.6 Å². The summed E-state index contributed by atoms with van der Waals surface area (Å²) in [6.45, 7) is 0.912. The van der Waals surface area contributed by atoms with Gasteiger partial charge in [-0.15, -0.1) is 11.8 Å². The van der Waals surface area contributed by atoms with Gasteiger partial charge in [0.25, 0.3) is 0 Å². The van der Waals surface area contributed by atoms with E-state index in [2.05, 4.69) is 62.1 Å². The van der Waals surface area contributed by atoms with Crippen LogP contribution in [0.15, 0.2) is 36.8 Å². The van der Waals surface area contributed by atoms with Crippen molar-refractivity contribution in [3.8, 4) is 0 Å². The second-order valence-electron chi connectivity index (χ2n) is 4.80. The van der Waals surface area contributed by atoms with Crippen molar-refractivity contribution in [2.24, 2.45) is 5.73 Å². The second kappa shape index (κ2) is 9.45. The SMILES string of the molecule is N[C@@H](NCCc1ccc(I)cc1)SCCCc1cnc[nH]1. The Balaban J connectivity index is 1.53. The number of halogens is 1. The number of hydrogen-bond acceptors (Lipinski definition) is 4. The van der Waals surface area contributed by atoms with Crippen LogP contribution in [-0.4, -0.2) is 27.8 Å². The number of benzene rings is 1. The van der Waals surface area contributed by atoms with Crippen LogP contribution in [0, 0.1) is 3.57 Å². The number of aromatic nitrogens is 2. The average molecular weight is 416 g/mol. The lowest BCUT2D eigenvalue weighted by Crippen LogP contribution is -2.35. The quantitative estimate of drug-likeness (QED) is 0.334. The molecule has 114 valence electrons. The highest BCUT2D eigenvalue weighted by molar-refractivity contribution is 14.1. The molecule has 0 amide bonds. The zero-order chi connectivity index (χ0) is 14.9. The minimum Gasteiger partial charge on any atom is -0.348 e. The van der Waals surface area contributed by atoms with Gasteiger partial charge in [-0.1, -0.05) is 12.1 Å². The van der Waals surface area contributed by atoms with Crippen molar-refractivity contribution >= 4 is 34.4 Å². The molecule has 4 N–H and O–H groups in total. The largest absolute Gasteiger partial charge is 0.348 e. The summed E-state index contributed by atoms with van der Waals surface area (Å²) in [6.07, 6.45) is 6.76. The Labute approximate surface area is 143 Å². The molecule has 0 spiro atoms. The number of nitrogens with two attached hydrogens (primary N) is 1. The summed E-state index contributed by atoms with van der Waals surface area (Å²) < 4.78 is 1.27. The number of nitrogens with one attached hydrogen (secondary N) is 2. The van der Waals surface area contributed by atoms with Crippen molar-refractivity contribution in [2.75, 3.05) is 12.3 Å². The molecule has 0 saturated heterocycles. The number of aryl methyl sites for hydroxylation is 1. The van der Waals surface area contributed by atoms with Gasteiger partial charge < -0.3 is 10.7 Å². The Morgan fingerprint density at radius 1 is 1.29 bits per heavy atom. The fourth-order valence-electron chi connectivity index (χ4n) is 1.96. The van der Waals surface area contributed by atoms with Crippen LogP contribution in [0.1, 0.15) is 17.7 Å². The molecule has 0 bridgehead atoms. The number of H-pyrrole nitrogens is 1. The summed E-state index contributed by atoms with van der Waals surface area (Å²) >= 11 is 4.09. The Hall–Kier alpha value is -0.570. The van der Waals surface area contributed by atoms with Crippen LogP contribution in [0.2, 0.25) is 0 Å². The van der Waals surface area contributed by atoms with Crippen LogP contribution >= 0.6 is 34.4 Å². The average Bonchev–Trinajstić information content (AvgIpc) is 2.99. The fourth-order valence-corrected chi connectivity index (χ4v) is 3.12. The van der Waals surface area contributed by atoms with Crippen LogP contribution in [0.25, 0.3) is 0 Å². The molecule has 0 unspecified atom stereocenters. The first-order valence-electron chi connectivity index (χ1n) is 7.06. The molecule has 6 heteroatoms. The van der Waals surface area contributed by atoms with Crippen LogP contribution in [-0.2, 0) is 12.8 Å². The number of hydrogen-bond donors (Lipinski definition) is 3. The maximum atomic E-state index is 6.05. The van der Waals surface area contributed by atoms with Crippen LogP contribution < -0.4 is 11.1 Å². The van der Waals surface area contributed by atoms with Crippen molar-refractivity contribution in [3.63, 3.8) is 0 Å². The van der Waals surface area contributed by atoms with Gasteiger partial charge in [0, 0.05) is 22.0 Å². The summed E-state index contributed by atoms with van der Waals surface area (Å²) in [5.41, 5.74) is 8.60. The first kappa shape index (κ1) is 16.8. The summed E-state index contributed by atoms with van der Waals surface area (Å²) in [7, 11) is 0. The predicted octanol–water partition coefficient (Wildman–Crippen LogP) is 2.75. The zero-order valence-electron chi connectivity index (χ0n) is 11.9. The standard InChI is InChI=1S/C15H21IN4S/c16-13-5-3-12(4-6-13)7-8-19-15(17)21-9-1-2-14-10-18-11-20-14/h3-6,10-11,15,19H,1-2,7-9,17H2,(H,18,20)/t15-/m0/s1. The third kappa shape index (κ3) is 6.82. The molecule has 2 rings (SSSR count). The minimum absolute atomic E-state index is 0.00983. The summed E-state index contributed by atoms with van der Waals surface area (Å²) in [5, 5.41) is 3.36. The predicted molar refractivity (Wildman–Crippen MR) is 98.2 cm³/mol. The topological polar surface area (TPSA) is 66.7 Å². The first-order valence-corrected chi connectivity index (χ1v) is 9.19. The smallest absolute Gasteiger partial charge is 0.103 e. The number of rotatable bonds is 9. The molecule has 0 aliphatic carbocycles. The van der Waals surface area contributed by atoms with Gasteiger partial charge in [0.05, 0.1) is 6.33 Å². The summed E-state index contributed by atoms with van der Waals surface area (Å²) in [6, 6.07) is 8.62. The van der Waals surface area contributed by atoms with E-state index in [0.29, 0.717) is 0 Å². The Kier molecular flexibility index (Phi) is 7.56. The normalized spacial score (nSPS) is 12.5. The monoisotopic (exact) mass is 416 g/mol. The van der Waals surface area contributed by atoms with E-state index in [9.17, 15) is 0 Å². The van der Waals surface area contributed by atoms with Gasteiger partial charge in [0.2, 0.25) is 0 Å². The third-order valence-electron chi connectivity index (χ3n) is 3.12. The molecule has 1 heterocycles. The van der Waals surface area contributed by atoms with Gasteiger partial charge in [-0.25, -0.2) is 4.98 Å². The van der Waals surface area contributed by atoms with Gasteiger partial charge in [0.1, 0.15) is 5.50 Å². The lowest BCUT2D eigenvalue weighted by atomic mass is 10.1. The number of thioether (sulfide) groups is 1. The van der Waals surface area contributed by atoms with Gasteiger partial charge in [-0.05, 0) is 65.3 Å². The molecule has 1 aromatic carbocycles. The highest BCUT2D eigenvalue weighted by Gasteiger charge is 2.02. The van der Waals surface area contributed by atoms with Crippen LogP contribution in [0.4, 0.5) is 0 Å². The van der Waals surface area contributed by atoms with Crippen molar-refractivity contribution < 1.29 is 0 Å². The van der Waals surface area contributed by atoms with E-state index in [1.165, 1.54) is 14.8 Å². The fraction of sp³-hybridized carbons (Fsp3) is 0.400. The van der Waals surface area contributed by atoms with Crippen molar-refractivity contribution in [2.45, 2.75) is 24.8 Å². The van der Waals surface area contributed by atoms with Crippen molar-refractivity contribution in [1.29, 1.82) is 0 Å². The molecule has 2 aromatic rings. The molecule has 4 nitrogen and oxygen atoms in total. The lowest BCUT2D eigenvalue weighted by Gasteiger charge is -2.13. The van der Waals surface area contributed by atoms with E-state index in [4.69, 9.17) is 5.73 Å². The summed E-state index contributed by atoms with van der Waals surface area (Å²) in [4.78, 5) is 7.12. The van der Waals surface area contributed by atoms with E-state index in [-0.39, 0.29) is 5.50 Å². The Morgan fingerprint density at radius 3 is 2.81 bits per heavy atom. The van der Waals surface area contributed by atoms with E-state index < -0.39 is 0 Å². The minimum atomic E-state index is 0.00983. The van der Waals surface area contributed by atoms with Crippen molar-refractivity contribution in [1.82, 2.24) is 15.3 Å². The number of imidazole rings is 1. The van der Waals surface area contributed by atoms with Crippen LogP contribution in [0.5, 0.6) is 0 Å². The van der Waals surface area contributed by atoms with E-state index in [1.807, 2.05) is 6.20 Å². The molecule has 0 saturated carbocycles. The molecule has 1 atom stereocenters. The summed E-state index contributed by atoms with van der Waals surface area (Å²) in [5.74, 6) is 1.05. The Bertz CT molecular complexity index is 501. The van der Waals surface area contributed by atoms with Gasteiger partial charge in [0.15, 0.2) is 0 Å². The number of aromatic amines is 1. The Morgan fingerprint density at radius 2 is 2.10 bits per heavy atom. The lowest BCUT2D eigenvalue weighted by molar-refractivity contribution is 0.663. The van der Waals surface area contributed by atoms with Crippen LogP contribution in [0.3, 0.4) is 0 Å². The highest BCUT2D eigenvalue weighted by Crippen LogP contribution is 2.09. The molecular formula is C15H21IN4S. The highest BCUT2D eigenvalue weighted by atomic mass is 127. The molecule has 0 aliphatic rings. The van der Waals surface area contributed by atoms with Gasteiger partial charge in [-0.2, -0.15) is 0 Å². The second-order valence-corrected chi connectivity index (χ2v) is 7.30. The molecular weight excluding hydrogens is 395 g/mol. The third-order valence-corrected chi connectivity index (χ3v) is 4.88. The maximum Gasteiger partial charge on any atom is 0.103 e. The molecule has 1 aromatic heterocycles. The van der Waals surface area contributed by atoms with Gasteiger partial charge >= 0.3 is 0 Å². The molecule has 21 heavy (non-hydrogen) atoms.